The fraction of sp³-hybridized carbons (Fsp3) is 0.125. The first-order valence-electron chi connectivity index (χ1n) is 9.94. The van der Waals surface area contributed by atoms with Crippen molar-refractivity contribution in [2.24, 2.45) is 0 Å². The number of benzene rings is 3. The van der Waals surface area contributed by atoms with Gasteiger partial charge in [0.25, 0.3) is 5.91 Å². The fourth-order valence-electron chi connectivity index (χ4n) is 3.43. The number of hydrogen-bond donors (Lipinski definition) is 1. The van der Waals surface area contributed by atoms with Crippen LogP contribution < -0.4 is 14.8 Å². The highest BCUT2D eigenvalue weighted by molar-refractivity contribution is 8.04. The first kappa shape index (κ1) is 23.8. The summed E-state index contributed by atoms with van der Waals surface area (Å²) in [6.07, 6.45) is 1.29. The van der Waals surface area contributed by atoms with Crippen molar-refractivity contribution in [3.05, 3.63) is 82.3 Å². The van der Waals surface area contributed by atoms with E-state index in [1.54, 1.807) is 18.2 Å². The van der Waals surface area contributed by atoms with Gasteiger partial charge in [0.1, 0.15) is 23.1 Å². The van der Waals surface area contributed by atoms with E-state index in [0.29, 0.717) is 27.6 Å². The molecule has 0 bridgehead atoms. The van der Waals surface area contributed by atoms with Crippen molar-refractivity contribution in [3.8, 4) is 11.5 Å². The highest BCUT2D eigenvalue weighted by Crippen LogP contribution is 2.41. The number of rotatable bonds is 6. The molecule has 1 heterocycles. The highest BCUT2D eigenvalue weighted by Gasteiger charge is 2.26. The maximum atomic E-state index is 14.1. The minimum Gasteiger partial charge on any atom is -0.496 e. The van der Waals surface area contributed by atoms with Gasteiger partial charge >= 0.3 is 0 Å². The van der Waals surface area contributed by atoms with Gasteiger partial charge in [-0.3, -0.25) is 4.79 Å². The molecular formula is C24H19F2NO5S2. The lowest BCUT2D eigenvalue weighted by atomic mass is 10.2. The molecule has 1 amide bonds. The number of halogens is 2. The summed E-state index contributed by atoms with van der Waals surface area (Å²) in [7, 11) is -0.930. The van der Waals surface area contributed by atoms with Crippen LogP contribution in [-0.4, -0.2) is 28.5 Å². The lowest BCUT2D eigenvalue weighted by molar-refractivity contribution is -0.112. The second-order valence-electron chi connectivity index (χ2n) is 7.29. The van der Waals surface area contributed by atoms with Crippen LogP contribution in [0.4, 0.5) is 14.5 Å². The molecule has 1 aliphatic heterocycles. The summed E-state index contributed by atoms with van der Waals surface area (Å²) in [4.78, 5) is 13.1. The molecule has 0 atom stereocenters. The van der Waals surface area contributed by atoms with Gasteiger partial charge in [-0.25, -0.2) is 17.2 Å². The molecule has 0 fully saturated rings. The minimum atomic E-state index is -3.82. The van der Waals surface area contributed by atoms with Crippen molar-refractivity contribution in [3.63, 3.8) is 0 Å². The third kappa shape index (κ3) is 4.78. The number of sulfone groups is 1. The second kappa shape index (κ2) is 9.47. The van der Waals surface area contributed by atoms with Gasteiger partial charge in [0.15, 0.2) is 9.84 Å². The van der Waals surface area contributed by atoms with Crippen LogP contribution in [0.25, 0.3) is 6.08 Å². The van der Waals surface area contributed by atoms with Crippen LogP contribution in [0.1, 0.15) is 11.1 Å². The zero-order valence-electron chi connectivity index (χ0n) is 18.1. The van der Waals surface area contributed by atoms with Crippen LogP contribution in [0.5, 0.6) is 11.5 Å². The third-order valence-corrected chi connectivity index (χ3v) is 7.84. The van der Waals surface area contributed by atoms with E-state index in [1.165, 1.54) is 44.6 Å². The highest BCUT2D eigenvalue weighted by atomic mass is 32.2. The van der Waals surface area contributed by atoms with Crippen molar-refractivity contribution in [1.29, 1.82) is 0 Å². The SMILES string of the molecule is COc1cccc(OC)c1CS(=O)(=O)c1ccc2c(c1)S/C(=C/c1ccc(F)cc1F)C(=O)N2. The van der Waals surface area contributed by atoms with Gasteiger partial charge in [-0.05, 0) is 48.5 Å². The Bertz CT molecular complexity index is 1400. The lowest BCUT2D eigenvalue weighted by Gasteiger charge is -2.20. The largest absolute Gasteiger partial charge is 0.496 e. The number of hydrogen-bond acceptors (Lipinski definition) is 6. The number of ether oxygens (including phenoxy) is 2. The van der Waals surface area contributed by atoms with Crippen LogP contribution in [-0.2, 0) is 20.4 Å². The topological polar surface area (TPSA) is 81.7 Å². The van der Waals surface area contributed by atoms with E-state index in [2.05, 4.69) is 5.32 Å². The Hall–Kier alpha value is -3.37. The number of thioether (sulfide) groups is 1. The molecule has 1 N–H and O–H groups in total. The van der Waals surface area contributed by atoms with Crippen molar-refractivity contribution in [2.75, 3.05) is 19.5 Å². The Kier molecular flexibility index (Phi) is 6.63. The monoisotopic (exact) mass is 503 g/mol. The summed E-state index contributed by atoms with van der Waals surface area (Å²) in [6, 6.07) is 12.4. The average molecular weight is 504 g/mol. The van der Waals surface area contributed by atoms with Gasteiger partial charge in [-0.15, -0.1) is 0 Å². The maximum Gasteiger partial charge on any atom is 0.262 e. The minimum absolute atomic E-state index is 0.0366. The standard InChI is InChI=1S/C24H19F2NO5S2/c1-31-20-4-3-5-21(32-2)17(20)13-34(29,30)16-8-9-19-22(12-16)33-23(24(28)27-19)10-14-6-7-15(25)11-18(14)26/h3-12H,13H2,1-2H3,(H,27,28)/b23-10+. The van der Waals surface area contributed by atoms with Crippen LogP contribution in [0.3, 0.4) is 0 Å². The molecule has 0 spiro atoms. The van der Waals surface area contributed by atoms with Gasteiger partial charge in [0.2, 0.25) is 0 Å². The number of carbonyl (C=O) groups is 1. The molecule has 1 aliphatic rings. The van der Waals surface area contributed by atoms with Crippen molar-refractivity contribution < 1.29 is 31.5 Å². The van der Waals surface area contributed by atoms with Crippen molar-refractivity contribution in [1.82, 2.24) is 0 Å². The van der Waals surface area contributed by atoms with Crippen molar-refractivity contribution >= 4 is 39.3 Å². The van der Waals surface area contributed by atoms with E-state index in [9.17, 15) is 22.0 Å². The summed E-state index contributed by atoms with van der Waals surface area (Å²) in [6.45, 7) is 0. The van der Waals surface area contributed by atoms with Crippen LogP contribution in [0, 0.1) is 11.6 Å². The lowest BCUT2D eigenvalue weighted by Crippen LogP contribution is -2.18. The summed E-state index contributed by atoms with van der Waals surface area (Å²) in [5.74, 6) is -1.61. The zero-order chi connectivity index (χ0) is 24.5. The first-order valence-corrected chi connectivity index (χ1v) is 12.4. The molecule has 176 valence electrons. The smallest absolute Gasteiger partial charge is 0.262 e. The predicted molar refractivity (Wildman–Crippen MR) is 126 cm³/mol. The number of carbonyl (C=O) groups excluding carboxylic acids is 1. The zero-order valence-corrected chi connectivity index (χ0v) is 19.7. The van der Waals surface area contributed by atoms with Crippen LogP contribution >= 0.6 is 11.8 Å². The summed E-state index contributed by atoms with van der Waals surface area (Å²) in [5.41, 5.74) is 0.855. The molecule has 6 nitrogen and oxygen atoms in total. The molecule has 0 aromatic heterocycles. The molecule has 0 radical (unpaired) electrons. The number of amides is 1. The number of methoxy groups -OCH3 is 2. The molecule has 0 saturated heterocycles. The van der Waals surface area contributed by atoms with Crippen LogP contribution in [0.15, 0.2) is 69.3 Å². The normalized spacial score (nSPS) is 14.5. The Morgan fingerprint density at radius 2 is 1.71 bits per heavy atom. The molecular weight excluding hydrogens is 484 g/mol. The van der Waals surface area contributed by atoms with E-state index < -0.39 is 27.4 Å². The third-order valence-electron chi connectivity index (χ3n) is 5.12. The van der Waals surface area contributed by atoms with Gasteiger partial charge in [-0.1, -0.05) is 17.8 Å². The van der Waals surface area contributed by atoms with E-state index in [1.807, 2.05) is 0 Å². The van der Waals surface area contributed by atoms with Gasteiger partial charge in [0.05, 0.1) is 41.0 Å². The van der Waals surface area contributed by atoms with E-state index in [-0.39, 0.29) is 21.1 Å². The molecule has 4 rings (SSSR count). The Morgan fingerprint density at radius 3 is 2.35 bits per heavy atom. The number of anilines is 1. The fourth-order valence-corrected chi connectivity index (χ4v) is 5.89. The van der Waals surface area contributed by atoms with E-state index in [4.69, 9.17) is 9.47 Å². The number of fused-ring (bicyclic) bond motifs is 1. The molecule has 34 heavy (non-hydrogen) atoms. The quantitative estimate of drug-likeness (QED) is 0.475. The Balaban J connectivity index is 1.68. The van der Waals surface area contributed by atoms with Gasteiger partial charge in [-0.2, -0.15) is 0 Å². The summed E-state index contributed by atoms with van der Waals surface area (Å²) in [5, 5.41) is 2.67. The van der Waals surface area contributed by atoms with Crippen molar-refractivity contribution in [2.45, 2.75) is 15.5 Å². The summed E-state index contributed by atoms with van der Waals surface area (Å²) < 4.78 is 64.3. The average Bonchev–Trinajstić information content (AvgIpc) is 2.80. The Morgan fingerprint density at radius 1 is 1.00 bits per heavy atom. The number of nitrogens with one attached hydrogen (secondary N) is 1. The first-order chi connectivity index (χ1) is 16.2. The Labute approximate surface area is 199 Å². The summed E-state index contributed by atoms with van der Waals surface area (Å²) >= 11 is 1.000. The molecule has 0 saturated carbocycles. The van der Waals surface area contributed by atoms with E-state index in [0.717, 1.165) is 23.9 Å². The molecule has 3 aromatic rings. The second-order valence-corrected chi connectivity index (χ2v) is 10.4. The van der Waals surface area contributed by atoms with E-state index >= 15 is 0 Å². The van der Waals surface area contributed by atoms with Crippen LogP contribution in [0.2, 0.25) is 0 Å². The molecule has 3 aromatic carbocycles. The maximum absolute atomic E-state index is 14.1. The van der Waals surface area contributed by atoms with Gasteiger partial charge < -0.3 is 14.8 Å². The predicted octanol–water partition coefficient (Wildman–Crippen LogP) is 5.04. The molecule has 0 aliphatic carbocycles. The molecule has 0 unspecified atom stereocenters. The molecule has 10 heteroatoms. The van der Waals surface area contributed by atoms with Gasteiger partial charge in [0, 0.05) is 16.5 Å².